The van der Waals surface area contributed by atoms with Crippen LogP contribution in [0.5, 0.6) is 0 Å². The Morgan fingerprint density at radius 3 is 2.29 bits per heavy atom. The number of amides is 2. The molecular formula is C25H34ClN3O4S. The van der Waals surface area contributed by atoms with Gasteiger partial charge < -0.3 is 10.2 Å². The summed E-state index contributed by atoms with van der Waals surface area (Å²) in [5.41, 5.74) is 2.78. The Bertz CT molecular complexity index is 1140. The second-order valence-corrected chi connectivity index (χ2v) is 10.9. The summed E-state index contributed by atoms with van der Waals surface area (Å²) in [5, 5.41) is 3.36. The highest BCUT2D eigenvalue weighted by Crippen LogP contribution is 2.26. The van der Waals surface area contributed by atoms with E-state index in [0.717, 1.165) is 28.1 Å². The van der Waals surface area contributed by atoms with Crippen LogP contribution < -0.4 is 9.62 Å². The van der Waals surface area contributed by atoms with E-state index in [9.17, 15) is 18.0 Å². The molecule has 0 bridgehead atoms. The smallest absolute Gasteiger partial charge is 0.244 e. The van der Waals surface area contributed by atoms with Gasteiger partial charge in [0, 0.05) is 17.6 Å². The highest BCUT2D eigenvalue weighted by molar-refractivity contribution is 7.92. The van der Waals surface area contributed by atoms with Gasteiger partial charge in [-0.1, -0.05) is 48.9 Å². The Morgan fingerprint density at radius 2 is 1.71 bits per heavy atom. The highest BCUT2D eigenvalue weighted by atomic mass is 35.5. The van der Waals surface area contributed by atoms with Crippen molar-refractivity contribution >= 4 is 39.1 Å². The van der Waals surface area contributed by atoms with Crippen LogP contribution in [0.3, 0.4) is 0 Å². The minimum atomic E-state index is -3.78. The number of hydrogen-bond acceptors (Lipinski definition) is 4. The van der Waals surface area contributed by atoms with Gasteiger partial charge in [-0.25, -0.2) is 8.42 Å². The zero-order valence-electron chi connectivity index (χ0n) is 20.6. The van der Waals surface area contributed by atoms with Crippen molar-refractivity contribution in [3.8, 4) is 0 Å². The van der Waals surface area contributed by atoms with E-state index in [-0.39, 0.29) is 18.5 Å². The number of rotatable bonds is 10. The van der Waals surface area contributed by atoms with Crippen LogP contribution in [-0.2, 0) is 26.2 Å². The average Bonchev–Trinajstić information content (AvgIpc) is 2.77. The van der Waals surface area contributed by atoms with E-state index < -0.39 is 28.5 Å². The molecule has 9 heteroatoms. The van der Waals surface area contributed by atoms with E-state index in [1.165, 1.54) is 4.90 Å². The van der Waals surface area contributed by atoms with Crippen LogP contribution in [0.4, 0.5) is 5.69 Å². The van der Waals surface area contributed by atoms with Gasteiger partial charge in [0.25, 0.3) is 0 Å². The normalized spacial score (nSPS) is 13.1. The summed E-state index contributed by atoms with van der Waals surface area (Å²) in [5.74, 6) is -0.814. The van der Waals surface area contributed by atoms with E-state index in [2.05, 4.69) is 5.32 Å². The molecule has 0 aliphatic heterocycles. The summed E-state index contributed by atoms with van der Waals surface area (Å²) in [4.78, 5) is 27.9. The number of nitrogens with one attached hydrogen (secondary N) is 1. The summed E-state index contributed by atoms with van der Waals surface area (Å²) >= 11 is 6.33. The van der Waals surface area contributed by atoms with Crippen LogP contribution in [0.1, 0.15) is 43.9 Å². The van der Waals surface area contributed by atoms with Crippen molar-refractivity contribution in [2.45, 2.75) is 59.7 Å². The quantitative estimate of drug-likeness (QED) is 0.525. The number of sulfonamides is 1. The van der Waals surface area contributed by atoms with Crippen LogP contribution in [0.25, 0.3) is 0 Å². The number of carbonyl (C=O) groups is 2. The molecule has 0 unspecified atom stereocenters. The van der Waals surface area contributed by atoms with Crippen LogP contribution in [0.2, 0.25) is 5.02 Å². The molecule has 186 valence electrons. The molecule has 0 aromatic heterocycles. The van der Waals surface area contributed by atoms with Gasteiger partial charge in [0.15, 0.2) is 0 Å². The SMILES string of the molecule is CC[C@H](C)NC(=O)[C@@H](C)N(Cc1ccccc1Cl)C(=O)CN(c1cccc(C)c1C)S(C)(=O)=O. The number of hydrogen-bond donors (Lipinski definition) is 1. The Kier molecular flexibility index (Phi) is 9.53. The van der Waals surface area contributed by atoms with Gasteiger partial charge in [0.05, 0.1) is 11.9 Å². The molecule has 0 spiro atoms. The third kappa shape index (κ3) is 6.96. The number of carbonyl (C=O) groups excluding carboxylic acids is 2. The Balaban J connectivity index is 2.45. The fourth-order valence-corrected chi connectivity index (χ4v) is 4.55. The average molecular weight is 508 g/mol. The molecule has 34 heavy (non-hydrogen) atoms. The first-order valence-corrected chi connectivity index (χ1v) is 13.5. The van der Waals surface area contributed by atoms with Gasteiger partial charge in [-0.05, 0) is 62.9 Å². The van der Waals surface area contributed by atoms with Crippen LogP contribution in [0, 0.1) is 13.8 Å². The molecule has 0 aliphatic rings. The molecule has 0 heterocycles. The Hall–Kier alpha value is -2.58. The monoisotopic (exact) mass is 507 g/mol. The third-order valence-electron chi connectivity index (χ3n) is 5.99. The molecule has 2 aromatic rings. The molecule has 2 rings (SSSR count). The highest BCUT2D eigenvalue weighted by Gasteiger charge is 2.31. The molecule has 0 saturated heterocycles. The fraction of sp³-hybridized carbons (Fsp3) is 0.440. The zero-order chi connectivity index (χ0) is 25.6. The van der Waals surface area contributed by atoms with E-state index in [0.29, 0.717) is 16.3 Å². The maximum absolute atomic E-state index is 13.6. The van der Waals surface area contributed by atoms with Gasteiger partial charge >= 0.3 is 0 Å². The maximum atomic E-state index is 13.6. The summed E-state index contributed by atoms with van der Waals surface area (Å²) in [6.07, 6.45) is 1.81. The van der Waals surface area contributed by atoms with Gasteiger partial charge in [-0.3, -0.25) is 13.9 Å². The van der Waals surface area contributed by atoms with Crippen LogP contribution in [-0.4, -0.2) is 50.0 Å². The van der Waals surface area contributed by atoms with Crippen molar-refractivity contribution < 1.29 is 18.0 Å². The lowest BCUT2D eigenvalue weighted by Crippen LogP contribution is -2.52. The molecule has 2 atom stereocenters. The molecule has 2 aromatic carbocycles. The Morgan fingerprint density at radius 1 is 1.06 bits per heavy atom. The topological polar surface area (TPSA) is 86.8 Å². The predicted octanol–water partition coefficient (Wildman–Crippen LogP) is 4.05. The maximum Gasteiger partial charge on any atom is 0.244 e. The van der Waals surface area contributed by atoms with Crippen molar-refractivity contribution in [1.82, 2.24) is 10.2 Å². The van der Waals surface area contributed by atoms with Gasteiger partial charge in [0.2, 0.25) is 21.8 Å². The van der Waals surface area contributed by atoms with E-state index >= 15 is 0 Å². The van der Waals surface area contributed by atoms with E-state index in [1.54, 1.807) is 43.3 Å². The number of benzene rings is 2. The minimum absolute atomic E-state index is 0.0605. The van der Waals surface area contributed by atoms with Crippen LogP contribution in [0.15, 0.2) is 42.5 Å². The predicted molar refractivity (Wildman–Crippen MR) is 137 cm³/mol. The summed E-state index contributed by atoms with van der Waals surface area (Å²) in [6, 6.07) is 11.5. The van der Waals surface area contributed by atoms with Crippen molar-refractivity contribution in [2.75, 3.05) is 17.1 Å². The summed E-state index contributed by atoms with van der Waals surface area (Å²) in [6.45, 7) is 8.80. The van der Waals surface area contributed by atoms with Gasteiger partial charge in [0.1, 0.15) is 12.6 Å². The number of anilines is 1. The second kappa shape index (κ2) is 11.7. The van der Waals surface area contributed by atoms with Gasteiger partial charge in [-0.2, -0.15) is 0 Å². The number of aryl methyl sites for hydroxylation is 1. The van der Waals surface area contributed by atoms with E-state index in [4.69, 9.17) is 11.6 Å². The lowest BCUT2D eigenvalue weighted by atomic mass is 10.1. The van der Waals surface area contributed by atoms with Crippen molar-refractivity contribution in [3.63, 3.8) is 0 Å². The first kappa shape index (κ1) is 27.7. The summed E-state index contributed by atoms with van der Waals surface area (Å²) < 4.78 is 26.5. The van der Waals surface area contributed by atoms with E-state index in [1.807, 2.05) is 33.8 Å². The molecule has 0 fully saturated rings. The molecular weight excluding hydrogens is 474 g/mol. The number of nitrogens with zero attached hydrogens (tertiary/aromatic N) is 2. The van der Waals surface area contributed by atoms with Crippen molar-refractivity contribution in [1.29, 1.82) is 0 Å². The molecule has 1 N–H and O–H groups in total. The number of halogens is 1. The van der Waals surface area contributed by atoms with Crippen LogP contribution >= 0.6 is 11.6 Å². The molecule has 0 saturated carbocycles. The largest absolute Gasteiger partial charge is 0.352 e. The lowest BCUT2D eigenvalue weighted by molar-refractivity contribution is -0.139. The molecule has 7 nitrogen and oxygen atoms in total. The lowest BCUT2D eigenvalue weighted by Gasteiger charge is -2.32. The molecule has 0 aliphatic carbocycles. The minimum Gasteiger partial charge on any atom is -0.352 e. The fourth-order valence-electron chi connectivity index (χ4n) is 3.46. The Labute approximate surface area is 208 Å². The molecule has 0 radical (unpaired) electrons. The van der Waals surface area contributed by atoms with Crippen molar-refractivity contribution in [3.05, 3.63) is 64.2 Å². The summed E-state index contributed by atoms with van der Waals surface area (Å²) in [7, 11) is -3.78. The molecule has 2 amide bonds. The van der Waals surface area contributed by atoms with Crippen molar-refractivity contribution in [2.24, 2.45) is 0 Å². The van der Waals surface area contributed by atoms with Gasteiger partial charge in [-0.15, -0.1) is 0 Å². The first-order chi connectivity index (χ1) is 15.9. The first-order valence-electron chi connectivity index (χ1n) is 11.2. The second-order valence-electron chi connectivity index (χ2n) is 8.60. The third-order valence-corrected chi connectivity index (χ3v) is 7.49. The standard InChI is InChI=1S/C25H34ClN3O4S/c1-7-18(3)27-25(31)20(5)28(15-21-12-8-9-13-22(21)26)24(30)16-29(34(6,32)33)23-14-10-11-17(2)19(23)4/h8-14,18,20H,7,15-16H2,1-6H3,(H,27,31)/t18-,20+/m0/s1. The zero-order valence-corrected chi connectivity index (χ0v) is 22.2.